The lowest BCUT2D eigenvalue weighted by molar-refractivity contribution is -0.113. The predicted molar refractivity (Wildman–Crippen MR) is 118 cm³/mol. The van der Waals surface area contributed by atoms with Crippen molar-refractivity contribution in [1.82, 2.24) is 25.0 Å². The molecule has 9 heteroatoms. The first-order valence-corrected chi connectivity index (χ1v) is 10.4. The molecule has 3 aromatic carbocycles. The van der Waals surface area contributed by atoms with Gasteiger partial charge in [0.1, 0.15) is 17.2 Å². The van der Waals surface area contributed by atoms with E-state index in [1.165, 1.54) is 34.9 Å². The number of thioether (sulfide) groups is 1. The molecule has 2 heterocycles. The summed E-state index contributed by atoms with van der Waals surface area (Å²) in [5, 5.41) is 13.8. The fourth-order valence-corrected chi connectivity index (χ4v) is 3.98. The standard InChI is InChI=1S/C22H15FN6OS/c23-15-8-10-16(11-9-15)29-21-20(27-28-29)22(25-13-24-21)31-12-19(30)26-18-7-3-5-14-4-1-2-6-17(14)18/h1-11,13H,12H2,(H,26,30). The number of halogens is 1. The van der Waals surface area contributed by atoms with Crippen molar-refractivity contribution in [2.24, 2.45) is 0 Å². The van der Waals surface area contributed by atoms with Crippen molar-refractivity contribution in [2.75, 3.05) is 11.1 Å². The van der Waals surface area contributed by atoms with Crippen LogP contribution in [0.2, 0.25) is 0 Å². The SMILES string of the molecule is O=C(CSc1ncnc2c1nnn2-c1ccc(F)cc1)Nc1cccc2ccccc12. The van der Waals surface area contributed by atoms with Crippen LogP contribution in [0.25, 0.3) is 27.6 Å². The number of rotatable bonds is 5. The van der Waals surface area contributed by atoms with Gasteiger partial charge in [-0.3, -0.25) is 4.79 Å². The van der Waals surface area contributed by atoms with Gasteiger partial charge in [-0.2, -0.15) is 4.68 Å². The maximum absolute atomic E-state index is 13.2. The minimum atomic E-state index is -0.337. The number of aromatic nitrogens is 5. The second kappa shape index (κ2) is 8.11. The van der Waals surface area contributed by atoms with Gasteiger partial charge in [0.25, 0.3) is 0 Å². The fourth-order valence-electron chi connectivity index (χ4n) is 3.24. The summed E-state index contributed by atoms with van der Waals surface area (Å²) in [5.41, 5.74) is 2.36. The summed E-state index contributed by atoms with van der Waals surface area (Å²) < 4.78 is 14.7. The highest BCUT2D eigenvalue weighted by Crippen LogP contribution is 2.26. The Morgan fingerprint density at radius 3 is 2.68 bits per heavy atom. The molecule has 0 unspecified atom stereocenters. The second-order valence-corrected chi connectivity index (χ2v) is 7.66. The smallest absolute Gasteiger partial charge is 0.234 e. The number of nitrogens with zero attached hydrogens (tertiary/aromatic N) is 5. The van der Waals surface area contributed by atoms with Crippen LogP contribution in [0.5, 0.6) is 0 Å². The number of fused-ring (bicyclic) bond motifs is 2. The van der Waals surface area contributed by atoms with Gasteiger partial charge in [0, 0.05) is 11.1 Å². The van der Waals surface area contributed by atoms with E-state index in [0.717, 1.165) is 16.5 Å². The van der Waals surface area contributed by atoms with Crippen molar-refractivity contribution < 1.29 is 9.18 Å². The van der Waals surface area contributed by atoms with Crippen molar-refractivity contribution in [1.29, 1.82) is 0 Å². The molecule has 0 aliphatic heterocycles. The molecule has 0 radical (unpaired) electrons. The molecule has 0 aliphatic rings. The summed E-state index contributed by atoms with van der Waals surface area (Å²) in [6.07, 6.45) is 1.40. The highest BCUT2D eigenvalue weighted by molar-refractivity contribution is 8.00. The molecule has 0 saturated heterocycles. The number of amides is 1. The summed E-state index contributed by atoms with van der Waals surface area (Å²) in [6.45, 7) is 0. The van der Waals surface area contributed by atoms with Crippen LogP contribution in [0.3, 0.4) is 0 Å². The Hall–Kier alpha value is -3.85. The Kier molecular flexibility index (Phi) is 5.01. The molecule has 1 amide bonds. The molecule has 31 heavy (non-hydrogen) atoms. The predicted octanol–water partition coefficient (Wildman–Crippen LogP) is 4.23. The van der Waals surface area contributed by atoms with Gasteiger partial charge in [0.15, 0.2) is 11.2 Å². The average Bonchev–Trinajstić information content (AvgIpc) is 3.23. The number of benzene rings is 3. The van der Waals surface area contributed by atoms with Crippen molar-refractivity contribution >= 4 is 45.3 Å². The molecule has 0 bridgehead atoms. The van der Waals surface area contributed by atoms with Crippen LogP contribution in [0, 0.1) is 5.82 Å². The summed E-state index contributed by atoms with van der Waals surface area (Å²) in [6, 6.07) is 19.5. The van der Waals surface area contributed by atoms with Gasteiger partial charge in [-0.25, -0.2) is 14.4 Å². The number of hydrogen-bond donors (Lipinski definition) is 1. The number of carbonyl (C=O) groups excluding carboxylic acids is 1. The largest absolute Gasteiger partial charge is 0.325 e. The number of anilines is 1. The van der Waals surface area contributed by atoms with Gasteiger partial charge in [-0.1, -0.05) is 53.4 Å². The second-order valence-electron chi connectivity index (χ2n) is 6.69. The third-order valence-corrected chi connectivity index (χ3v) is 5.66. The molecule has 0 atom stereocenters. The summed E-state index contributed by atoms with van der Waals surface area (Å²) in [5.74, 6) is -0.339. The molecule has 0 spiro atoms. The molecule has 0 saturated carbocycles. The number of carbonyl (C=O) groups is 1. The molecule has 2 aromatic heterocycles. The van der Waals surface area contributed by atoms with E-state index in [1.807, 2.05) is 42.5 Å². The number of hydrogen-bond acceptors (Lipinski definition) is 6. The Morgan fingerprint density at radius 1 is 1.00 bits per heavy atom. The topological polar surface area (TPSA) is 85.6 Å². The molecule has 5 rings (SSSR count). The van der Waals surface area contributed by atoms with Crippen LogP contribution in [0.1, 0.15) is 0 Å². The summed E-state index contributed by atoms with van der Waals surface area (Å²) >= 11 is 1.25. The van der Waals surface area contributed by atoms with Crippen LogP contribution in [0.4, 0.5) is 10.1 Å². The average molecular weight is 430 g/mol. The van der Waals surface area contributed by atoms with E-state index in [2.05, 4.69) is 25.6 Å². The quantitative estimate of drug-likeness (QED) is 0.332. The van der Waals surface area contributed by atoms with Gasteiger partial charge >= 0.3 is 0 Å². The Labute approximate surface area is 180 Å². The van der Waals surface area contributed by atoms with Crippen LogP contribution >= 0.6 is 11.8 Å². The molecule has 0 aliphatic carbocycles. The highest BCUT2D eigenvalue weighted by Gasteiger charge is 2.15. The first kappa shape index (κ1) is 19.1. The van der Waals surface area contributed by atoms with Crippen LogP contribution in [0.15, 0.2) is 78.1 Å². The Bertz CT molecular complexity index is 1400. The van der Waals surface area contributed by atoms with E-state index in [1.54, 1.807) is 12.1 Å². The van der Waals surface area contributed by atoms with E-state index in [9.17, 15) is 9.18 Å². The molecule has 7 nitrogen and oxygen atoms in total. The maximum atomic E-state index is 13.2. The van der Waals surface area contributed by atoms with Crippen molar-refractivity contribution in [3.63, 3.8) is 0 Å². The van der Waals surface area contributed by atoms with Gasteiger partial charge < -0.3 is 5.32 Å². The number of nitrogens with one attached hydrogen (secondary N) is 1. The highest BCUT2D eigenvalue weighted by atomic mass is 32.2. The lowest BCUT2D eigenvalue weighted by Gasteiger charge is -2.08. The third-order valence-electron chi connectivity index (χ3n) is 4.68. The van der Waals surface area contributed by atoms with E-state index < -0.39 is 0 Å². The first-order chi connectivity index (χ1) is 15.2. The molecule has 1 N–H and O–H groups in total. The Balaban J connectivity index is 1.35. The molecule has 5 aromatic rings. The van der Waals surface area contributed by atoms with Crippen molar-refractivity contribution in [2.45, 2.75) is 5.03 Å². The maximum Gasteiger partial charge on any atom is 0.234 e. The molecular weight excluding hydrogens is 415 g/mol. The fraction of sp³-hybridized carbons (Fsp3) is 0.0455. The summed E-state index contributed by atoms with van der Waals surface area (Å²) in [4.78, 5) is 21.1. The monoisotopic (exact) mass is 430 g/mol. The minimum Gasteiger partial charge on any atom is -0.325 e. The van der Waals surface area contributed by atoms with Gasteiger partial charge in [0.2, 0.25) is 5.91 Å². The normalized spacial score (nSPS) is 11.1. The van der Waals surface area contributed by atoms with Gasteiger partial charge in [-0.15, -0.1) is 5.10 Å². The van der Waals surface area contributed by atoms with Crippen molar-refractivity contribution in [3.05, 3.63) is 78.9 Å². The van der Waals surface area contributed by atoms with E-state index >= 15 is 0 Å². The molecule has 152 valence electrons. The zero-order valence-corrected chi connectivity index (χ0v) is 16.9. The molecule has 0 fully saturated rings. The van der Waals surface area contributed by atoms with Gasteiger partial charge in [-0.05, 0) is 35.7 Å². The zero-order valence-electron chi connectivity index (χ0n) is 16.1. The van der Waals surface area contributed by atoms with Crippen molar-refractivity contribution in [3.8, 4) is 5.69 Å². The van der Waals surface area contributed by atoms with E-state index in [4.69, 9.17) is 0 Å². The zero-order chi connectivity index (χ0) is 21.2. The Morgan fingerprint density at radius 2 is 1.81 bits per heavy atom. The van der Waals surface area contributed by atoms with Crippen LogP contribution in [-0.2, 0) is 4.79 Å². The minimum absolute atomic E-state index is 0.152. The summed E-state index contributed by atoms with van der Waals surface area (Å²) in [7, 11) is 0. The van der Waals surface area contributed by atoms with Gasteiger partial charge in [0.05, 0.1) is 11.4 Å². The van der Waals surface area contributed by atoms with E-state index in [-0.39, 0.29) is 17.5 Å². The third kappa shape index (κ3) is 3.82. The molecular formula is C22H15FN6OS. The lowest BCUT2D eigenvalue weighted by atomic mass is 10.1. The lowest BCUT2D eigenvalue weighted by Crippen LogP contribution is -2.14. The van der Waals surface area contributed by atoms with E-state index in [0.29, 0.717) is 21.9 Å². The first-order valence-electron chi connectivity index (χ1n) is 9.42. The van der Waals surface area contributed by atoms with Crippen LogP contribution in [-0.4, -0.2) is 36.6 Å². The van der Waals surface area contributed by atoms with Crippen LogP contribution < -0.4 is 5.32 Å².